The van der Waals surface area contributed by atoms with Crippen molar-refractivity contribution in [2.75, 3.05) is 6.54 Å². The Balaban J connectivity index is 2.10. The summed E-state index contributed by atoms with van der Waals surface area (Å²) in [6.45, 7) is 2.65. The summed E-state index contributed by atoms with van der Waals surface area (Å²) in [5.74, 6) is -0.757. The molecule has 0 fully saturated rings. The Kier molecular flexibility index (Phi) is 3.58. The van der Waals surface area contributed by atoms with Crippen LogP contribution in [0.4, 0.5) is 4.39 Å². The third kappa shape index (κ3) is 2.60. The summed E-state index contributed by atoms with van der Waals surface area (Å²) in [6, 6.07) is 11.7. The second-order valence-electron chi connectivity index (χ2n) is 4.78. The van der Waals surface area contributed by atoms with Gasteiger partial charge in [0.05, 0.1) is 11.6 Å². The highest BCUT2D eigenvalue weighted by atomic mass is 19.1. The minimum atomic E-state index is -0.493. The van der Waals surface area contributed by atoms with Gasteiger partial charge in [0.25, 0.3) is 0 Å². The molecule has 1 aromatic heterocycles. The molecule has 3 rings (SSSR count). The Bertz CT molecular complexity index is 822. The molecule has 1 atom stereocenters. The molecule has 4 nitrogen and oxygen atoms in total. The normalized spacial score (nSPS) is 12.7. The second kappa shape index (κ2) is 5.54. The maximum Gasteiger partial charge on any atom is 0.417 e. The Morgan fingerprint density at radius 2 is 2.10 bits per heavy atom. The summed E-state index contributed by atoms with van der Waals surface area (Å²) in [4.78, 5) is 13.8. The zero-order chi connectivity index (χ0) is 14.8. The van der Waals surface area contributed by atoms with Crippen LogP contribution in [0.5, 0.6) is 0 Å². The van der Waals surface area contributed by atoms with Crippen molar-refractivity contribution in [3.63, 3.8) is 0 Å². The SMILES string of the molecule is CCNC(c1ccc2[nH]c(=O)oc2c1)c1ccccc1F. The van der Waals surface area contributed by atoms with E-state index in [1.165, 1.54) is 6.07 Å². The van der Waals surface area contributed by atoms with Crippen LogP contribution in [0, 0.1) is 5.82 Å². The van der Waals surface area contributed by atoms with E-state index in [0.717, 1.165) is 5.56 Å². The smallest absolute Gasteiger partial charge is 0.408 e. The maximum absolute atomic E-state index is 14.0. The molecule has 5 heteroatoms. The van der Waals surface area contributed by atoms with Gasteiger partial charge in [0, 0.05) is 5.56 Å². The number of hydrogen-bond donors (Lipinski definition) is 2. The fourth-order valence-electron chi connectivity index (χ4n) is 2.46. The minimum Gasteiger partial charge on any atom is -0.408 e. The van der Waals surface area contributed by atoms with E-state index in [1.807, 2.05) is 13.0 Å². The van der Waals surface area contributed by atoms with Crippen LogP contribution in [-0.2, 0) is 0 Å². The standard InChI is InChI=1S/C16H15FN2O2/c1-2-18-15(11-5-3-4-6-12(11)17)10-7-8-13-14(9-10)21-16(20)19-13/h3-9,15,18H,2H2,1H3,(H,19,20). The number of rotatable bonds is 4. The van der Waals surface area contributed by atoms with Crippen LogP contribution in [0.25, 0.3) is 11.1 Å². The van der Waals surface area contributed by atoms with E-state index in [-0.39, 0.29) is 11.9 Å². The lowest BCUT2D eigenvalue weighted by Crippen LogP contribution is -2.22. The van der Waals surface area contributed by atoms with E-state index in [0.29, 0.717) is 23.2 Å². The van der Waals surface area contributed by atoms with E-state index < -0.39 is 5.76 Å². The van der Waals surface area contributed by atoms with Crippen LogP contribution in [0.3, 0.4) is 0 Å². The molecule has 0 saturated heterocycles. The van der Waals surface area contributed by atoms with Crippen molar-refractivity contribution >= 4 is 11.1 Å². The topological polar surface area (TPSA) is 58.0 Å². The molecule has 21 heavy (non-hydrogen) atoms. The molecule has 108 valence electrons. The Hall–Kier alpha value is -2.40. The number of oxazole rings is 1. The van der Waals surface area contributed by atoms with Crippen molar-refractivity contribution in [2.45, 2.75) is 13.0 Å². The average molecular weight is 286 g/mol. The predicted molar refractivity (Wildman–Crippen MR) is 78.8 cm³/mol. The van der Waals surface area contributed by atoms with Crippen LogP contribution in [0.2, 0.25) is 0 Å². The van der Waals surface area contributed by atoms with Crippen molar-refractivity contribution < 1.29 is 8.81 Å². The predicted octanol–water partition coefficient (Wildman–Crippen LogP) is 2.96. The number of aromatic amines is 1. The van der Waals surface area contributed by atoms with Crippen LogP contribution < -0.4 is 11.1 Å². The molecule has 0 bridgehead atoms. The number of nitrogens with one attached hydrogen (secondary N) is 2. The van der Waals surface area contributed by atoms with E-state index in [9.17, 15) is 9.18 Å². The molecule has 3 aromatic rings. The zero-order valence-corrected chi connectivity index (χ0v) is 11.5. The van der Waals surface area contributed by atoms with E-state index in [2.05, 4.69) is 10.3 Å². The van der Waals surface area contributed by atoms with Gasteiger partial charge in [0.2, 0.25) is 0 Å². The van der Waals surface area contributed by atoms with Gasteiger partial charge in [0.15, 0.2) is 5.58 Å². The first-order valence-electron chi connectivity index (χ1n) is 6.79. The monoisotopic (exact) mass is 286 g/mol. The quantitative estimate of drug-likeness (QED) is 0.775. The molecule has 1 unspecified atom stereocenters. The first-order valence-corrected chi connectivity index (χ1v) is 6.79. The highest BCUT2D eigenvalue weighted by Gasteiger charge is 2.17. The number of H-pyrrole nitrogens is 1. The summed E-state index contributed by atoms with van der Waals surface area (Å²) in [6.07, 6.45) is 0. The van der Waals surface area contributed by atoms with E-state index >= 15 is 0 Å². The number of halogens is 1. The van der Waals surface area contributed by atoms with Gasteiger partial charge in [-0.3, -0.25) is 4.98 Å². The summed E-state index contributed by atoms with van der Waals surface area (Å²) in [5, 5.41) is 3.26. The molecular formula is C16H15FN2O2. The number of aromatic nitrogens is 1. The number of fused-ring (bicyclic) bond motifs is 1. The van der Waals surface area contributed by atoms with Gasteiger partial charge in [-0.1, -0.05) is 31.2 Å². The lowest BCUT2D eigenvalue weighted by atomic mass is 9.98. The molecule has 0 radical (unpaired) electrons. The Morgan fingerprint density at radius 3 is 2.86 bits per heavy atom. The van der Waals surface area contributed by atoms with Gasteiger partial charge in [-0.2, -0.15) is 0 Å². The first kappa shape index (κ1) is 13.6. The Morgan fingerprint density at radius 1 is 1.29 bits per heavy atom. The van der Waals surface area contributed by atoms with Gasteiger partial charge in [-0.05, 0) is 30.3 Å². The van der Waals surface area contributed by atoms with Gasteiger partial charge >= 0.3 is 5.76 Å². The highest BCUT2D eigenvalue weighted by molar-refractivity contribution is 5.73. The van der Waals surface area contributed by atoms with Crippen molar-refractivity contribution in [2.24, 2.45) is 0 Å². The van der Waals surface area contributed by atoms with Crippen molar-refractivity contribution in [3.8, 4) is 0 Å². The first-order chi connectivity index (χ1) is 10.2. The third-order valence-corrected chi connectivity index (χ3v) is 3.40. The van der Waals surface area contributed by atoms with Crippen molar-refractivity contribution in [1.82, 2.24) is 10.3 Å². The number of hydrogen-bond acceptors (Lipinski definition) is 3. The molecule has 0 amide bonds. The summed E-state index contributed by atoms with van der Waals surface area (Å²) < 4.78 is 19.1. The van der Waals surface area contributed by atoms with Crippen LogP contribution >= 0.6 is 0 Å². The molecule has 0 aliphatic carbocycles. The van der Waals surface area contributed by atoms with E-state index in [4.69, 9.17) is 4.42 Å². The average Bonchev–Trinajstić information content (AvgIpc) is 2.85. The minimum absolute atomic E-state index is 0.265. The molecule has 1 heterocycles. The molecular weight excluding hydrogens is 271 g/mol. The second-order valence-corrected chi connectivity index (χ2v) is 4.78. The summed E-state index contributed by atoms with van der Waals surface area (Å²) in [7, 11) is 0. The molecule has 0 aliphatic rings. The summed E-state index contributed by atoms with van der Waals surface area (Å²) in [5.41, 5.74) is 2.51. The summed E-state index contributed by atoms with van der Waals surface area (Å²) >= 11 is 0. The van der Waals surface area contributed by atoms with Gasteiger partial charge in [-0.15, -0.1) is 0 Å². The zero-order valence-electron chi connectivity index (χ0n) is 11.5. The van der Waals surface area contributed by atoms with Crippen LogP contribution in [0.15, 0.2) is 51.7 Å². The van der Waals surface area contributed by atoms with E-state index in [1.54, 1.807) is 30.3 Å². The largest absolute Gasteiger partial charge is 0.417 e. The highest BCUT2D eigenvalue weighted by Crippen LogP contribution is 2.26. The van der Waals surface area contributed by atoms with Crippen molar-refractivity contribution in [1.29, 1.82) is 0 Å². The molecule has 2 aromatic carbocycles. The molecule has 0 aliphatic heterocycles. The lowest BCUT2D eigenvalue weighted by molar-refractivity contribution is 0.548. The van der Waals surface area contributed by atoms with Crippen LogP contribution in [-0.4, -0.2) is 11.5 Å². The number of benzene rings is 2. The lowest BCUT2D eigenvalue weighted by Gasteiger charge is -2.19. The van der Waals surface area contributed by atoms with Gasteiger partial charge < -0.3 is 9.73 Å². The Labute approximate surface area is 120 Å². The molecule has 0 saturated carbocycles. The van der Waals surface area contributed by atoms with Crippen LogP contribution in [0.1, 0.15) is 24.1 Å². The molecule has 0 spiro atoms. The molecule has 2 N–H and O–H groups in total. The third-order valence-electron chi connectivity index (χ3n) is 3.40. The van der Waals surface area contributed by atoms with Crippen molar-refractivity contribution in [3.05, 3.63) is 70.0 Å². The maximum atomic E-state index is 14.0. The fourth-order valence-corrected chi connectivity index (χ4v) is 2.46. The fraction of sp³-hybridized carbons (Fsp3) is 0.188. The van der Waals surface area contributed by atoms with Gasteiger partial charge in [0.1, 0.15) is 5.82 Å². The van der Waals surface area contributed by atoms with Gasteiger partial charge in [-0.25, -0.2) is 9.18 Å².